The third kappa shape index (κ3) is 5.57. The van der Waals surface area contributed by atoms with Crippen molar-refractivity contribution in [2.24, 2.45) is 5.92 Å². The summed E-state index contributed by atoms with van der Waals surface area (Å²) in [5.74, 6) is 0.279. The van der Waals surface area contributed by atoms with E-state index < -0.39 is 0 Å². The second kappa shape index (κ2) is 8.53. The Bertz CT molecular complexity index is 642. The number of carbonyl (C=O) groups is 1. The fraction of sp³-hybridized carbons (Fsp3) is 0.421. The molecule has 0 bridgehead atoms. The second-order valence-corrected chi connectivity index (χ2v) is 6.26. The van der Waals surface area contributed by atoms with Crippen LogP contribution < -0.4 is 10.6 Å². The lowest BCUT2D eigenvalue weighted by Crippen LogP contribution is -2.43. The standard InChI is InChI=1S/C19H26N2O2/c1-14(9-10-22)13-20-19(23)21-15(2)11-16-7-8-17-5-3-4-6-18(17)12-16/h3-8,12,14-15,22H,9-11,13H2,1-2H3,(H2,20,21,23). The minimum absolute atomic E-state index is 0.0595. The molecule has 0 radical (unpaired) electrons. The second-order valence-electron chi connectivity index (χ2n) is 6.26. The number of rotatable bonds is 7. The topological polar surface area (TPSA) is 61.4 Å². The first-order chi connectivity index (χ1) is 11.1. The highest BCUT2D eigenvalue weighted by atomic mass is 16.3. The molecule has 0 aliphatic heterocycles. The maximum atomic E-state index is 11.9. The van der Waals surface area contributed by atoms with Gasteiger partial charge in [0.2, 0.25) is 0 Å². The molecule has 0 aromatic heterocycles. The maximum absolute atomic E-state index is 11.9. The lowest BCUT2D eigenvalue weighted by molar-refractivity contribution is 0.231. The average molecular weight is 314 g/mol. The zero-order valence-electron chi connectivity index (χ0n) is 13.9. The smallest absolute Gasteiger partial charge is 0.315 e. The van der Waals surface area contributed by atoms with Gasteiger partial charge in [0.05, 0.1) is 0 Å². The van der Waals surface area contributed by atoms with Gasteiger partial charge in [-0.05, 0) is 42.0 Å². The van der Waals surface area contributed by atoms with Gasteiger partial charge in [-0.25, -0.2) is 4.79 Å². The van der Waals surface area contributed by atoms with Gasteiger partial charge in [0.25, 0.3) is 0 Å². The van der Waals surface area contributed by atoms with E-state index in [1.807, 2.05) is 26.0 Å². The summed E-state index contributed by atoms with van der Waals surface area (Å²) in [5.41, 5.74) is 1.21. The summed E-state index contributed by atoms with van der Waals surface area (Å²) >= 11 is 0. The molecular weight excluding hydrogens is 288 g/mol. The highest BCUT2D eigenvalue weighted by molar-refractivity contribution is 5.83. The van der Waals surface area contributed by atoms with Gasteiger partial charge in [-0.1, -0.05) is 49.4 Å². The van der Waals surface area contributed by atoms with Crippen LogP contribution in [0.25, 0.3) is 10.8 Å². The van der Waals surface area contributed by atoms with Crippen LogP contribution in [0.5, 0.6) is 0 Å². The molecule has 0 aliphatic rings. The van der Waals surface area contributed by atoms with Crippen molar-refractivity contribution in [2.75, 3.05) is 13.2 Å². The summed E-state index contributed by atoms with van der Waals surface area (Å²) in [6, 6.07) is 14.6. The molecule has 0 aliphatic carbocycles. The van der Waals surface area contributed by atoms with Crippen LogP contribution in [-0.4, -0.2) is 30.3 Å². The molecule has 0 saturated heterocycles. The highest BCUT2D eigenvalue weighted by Crippen LogP contribution is 2.16. The van der Waals surface area contributed by atoms with Crippen molar-refractivity contribution in [1.82, 2.24) is 10.6 Å². The molecule has 0 spiro atoms. The first-order valence-corrected chi connectivity index (χ1v) is 8.21. The molecule has 3 N–H and O–H groups in total. The molecule has 0 fully saturated rings. The van der Waals surface area contributed by atoms with Crippen molar-refractivity contribution in [3.8, 4) is 0 Å². The fourth-order valence-electron chi connectivity index (χ4n) is 2.63. The number of amides is 2. The van der Waals surface area contributed by atoms with Gasteiger partial charge >= 0.3 is 6.03 Å². The Morgan fingerprint density at radius 1 is 1.13 bits per heavy atom. The largest absolute Gasteiger partial charge is 0.396 e. The van der Waals surface area contributed by atoms with E-state index in [4.69, 9.17) is 5.11 Å². The number of carbonyl (C=O) groups excluding carboxylic acids is 1. The Morgan fingerprint density at radius 2 is 1.87 bits per heavy atom. The van der Waals surface area contributed by atoms with Crippen molar-refractivity contribution in [2.45, 2.75) is 32.7 Å². The van der Waals surface area contributed by atoms with Crippen molar-refractivity contribution in [3.63, 3.8) is 0 Å². The van der Waals surface area contributed by atoms with Gasteiger partial charge in [-0.2, -0.15) is 0 Å². The van der Waals surface area contributed by atoms with Gasteiger partial charge < -0.3 is 15.7 Å². The summed E-state index contributed by atoms with van der Waals surface area (Å²) in [7, 11) is 0. The van der Waals surface area contributed by atoms with Crippen LogP contribution in [0.2, 0.25) is 0 Å². The van der Waals surface area contributed by atoms with Crippen LogP contribution in [0.3, 0.4) is 0 Å². The monoisotopic (exact) mass is 314 g/mol. The molecule has 2 unspecified atom stereocenters. The molecule has 124 valence electrons. The Hall–Kier alpha value is -2.07. The number of benzene rings is 2. The molecule has 2 rings (SSSR count). The SMILES string of the molecule is CC(CCO)CNC(=O)NC(C)Cc1ccc2ccccc2c1. The molecule has 2 aromatic carbocycles. The van der Waals surface area contributed by atoms with Crippen molar-refractivity contribution < 1.29 is 9.90 Å². The fourth-order valence-corrected chi connectivity index (χ4v) is 2.63. The number of aliphatic hydroxyl groups excluding tert-OH is 1. The Labute approximate surface area is 137 Å². The Balaban J connectivity index is 1.83. The van der Waals surface area contributed by atoms with Crippen LogP contribution in [0.15, 0.2) is 42.5 Å². The van der Waals surface area contributed by atoms with E-state index in [1.54, 1.807) is 0 Å². The number of aliphatic hydroxyl groups is 1. The van der Waals surface area contributed by atoms with E-state index in [0.29, 0.717) is 13.0 Å². The third-order valence-corrected chi connectivity index (χ3v) is 3.97. The summed E-state index contributed by atoms with van der Waals surface area (Å²) in [5, 5.41) is 17.1. The molecule has 0 heterocycles. The quantitative estimate of drug-likeness (QED) is 0.735. The van der Waals surface area contributed by atoms with Crippen molar-refractivity contribution in [1.29, 1.82) is 0 Å². The lowest BCUT2D eigenvalue weighted by atomic mass is 10.0. The maximum Gasteiger partial charge on any atom is 0.315 e. The van der Waals surface area contributed by atoms with E-state index in [0.717, 1.165) is 6.42 Å². The number of fused-ring (bicyclic) bond motifs is 1. The zero-order valence-corrected chi connectivity index (χ0v) is 13.9. The predicted octanol–water partition coefficient (Wildman–Crippen LogP) is 3.09. The summed E-state index contributed by atoms with van der Waals surface area (Å²) in [6.45, 7) is 4.75. The molecular formula is C19H26N2O2. The predicted molar refractivity (Wildman–Crippen MR) is 94.5 cm³/mol. The van der Waals surface area contributed by atoms with Crippen LogP contribution in [0.1, 0.15) is 25.8 Å². The van der Waals surface area contributed by atoms with E-state index >= 15 is 0 Å². The zero-order chi connectivity index (χ0) is 16.7. The van der Waals surface area contributed by atoms with Crippen LogP contribution in [0.4, 0.5) is 4.79 Å². The van der Waals surface area contributed by atoms with Crippen LogP contribution >= 0.6 is 0 Å². The molecule has 23 heavy (non-hydrogen) atoms. The molecule has 4 nitrogen and oxygen atoms in total. The minimum Gasteiger partial charge on any atom is -0.396 e. The van der Waals surface area contributed by atoms with Gasteiger partial charge in [0, 0.05) is 19.2 Å². The lowest BCUT2D eigenvalue weighted by Gasteiger charge is -2.17. The first-order valence-electron chi connectivity index (χ1n) is 8.21. The van der Waals surface area contributed by atoms with Crippen molar-refractivity contribution >= 4 is 16.8 Å². The first kappa shape index (κ1) is 17.3. The number of hydrogen-bond donors (Lipinski definition) is 3. The van der Waals surface area contributed by atoms with Gasteiger partial charge in [0.15, 0.2) is 0 Å². The summed E-state index contributed by atoms with van der Waals surface area (Å²) in [6.07, 6.45) is 1.50. The molecule has 2 atom stereocenters. The number of hydrogen-bond acceptors (Lipinski definition) is 2. The van der Waals surface area contributed by atoms with Crippen LogP contribution in [0, 0.1) is 5.92 Å². The Kier molecular flexibility index (Phi) is 6.41. The van der Waals surface area contributed by atoms with E-state index in [2.05, 4.69) is 41.0 Å². The van der Waals surface area contributed by atoms with E-state index in [-0.39, 0.29) is 24.6 Å². The molecule has 0 saturated carbocycles. The molecule has 4 heteroatoms. The average Bonchev–Trinajstić information content (AvgIpc) is 2.53. The van der Waals surface area contributed by atoms with Gasteiger partial charge in [0.1, 0.15) is 0 Å². The number of urea groups is 1. The van der Waals surface area contributed by atoms with Crippen LogP contribution in [-0.2, 0) is 6.42 Å². The van der Waals surface area contributed by atoms with Crippen molar-refractivity contribution in [3.05, 3.63) is 48.0 Å². The molecule has 2 amide bonds. The van der Waals surface area contributed by atoms with Gasteiger partial charge in [-0.3, -0.25) is 0 Å². The highest BCUT2D eigenvalue weighted by Gasteiger charge is 2.09. The molecule has 2 aromatic rings. The van der Waals surface area contributed by atoms with Gasteiger partial charge in [-0.15, -0.1) is 0 Å². The van der Waals surface area contributed by atoms with E-state index in [9.17, 15) is 4.79 Å². The Morgan fingerprint density at radius 3 is 2.61 bits per heavy atom. The minimum atomic E-state index is -0.150. The summed E-state index contributed by atoms with van der Waals surface area (Å²) < 4.78 is 0. The number of nitrogens with one attached hydrogen (secondary N) is 2. The third-order valence-electron chi connectivity index (χ3n) is 3.97. The summed E-state index contributed by atoms with van der Waals surface area (Å²) in [4.78, 5) is 11.9. The van der Waals surface area contributed by atoms with E-state index in [1.165, 1.54) is 16.3 Å². The normalized spacial score (nSPS) is 13.5.